The predicted molar refractivity (Wildman–Crippen MR) is 73.3 cm³/mol. The van der Waals surface area contributed by atoms with Crippen molar-refractivity contribution < 1.29 is 13.2 Å². The number of aromatic nitrogens is 2. The Morgan fingerprint density at radius 3 is 2.24 bits per heavy atom. The summed E-state index contributed by atoms with van der Waals surface area (Å²) >= 11 is 0. The van der Waals surface area contributed by atoms with E-state index in [9.17, 15) is 13.2 Å². The third-order valence-corrected chi connectivity index (χ3v) is 3.95. The standard InChI is InChI=1S/C14H15F3N4/c15-9-5-8(6-10(16)11(9)17)12-13(18)21(19)14(20-12)7-3-1-2-4-7/h5-7H,1-4,18-19H2. The van der Waals surface area contributed by atoms with Crippen LogP contribution < -0.4 is 11.6 Å². The van der Waals surface area contributed by atoms with E-state index in [2.05, 4.69) is 4.98 Å². The number of rotatable bonds is 2. The van der Waals surface area contributed by atoms with Gasteiger partial charge >= 0.3 is 0 Å². The fourth-order valence-corrected chi connectivity index (χ4v) is 2.84. The van der Waals surface area contributed by atoms with Crippen LogP contribution in [0.1, 0.15) is 37.4 Å². The van der Waals surface area contributed by atoms with E-state index in [0.717, 1.165) is 37.8 Å². The summed E-state index contributed by atoms with van der Waals surface area (Å²) in [6, 6.07) is 1.74. The van der Waals surface area contributed by atoms with Crippen LogP contribution in [0.5, 0.6) is 0 Å². The van der Waals surface area contributed by atoms with Crippen LogP contribution in [0.15, 0.2) is 12.1 Å². The van der Waals surface area contributed by atoms with Crippen molar-refractivity contribution in [1.29, 1.82) is 0 Å². The molecule has 4 nitrogen and oxygen atoms in total. The maximum Gasteiger partial charge on any atom is 0.194 e. The van der Waals surface area contributed by atoms with E-state index >= 15 is 0 Å². The normalized spacial score (nSPS) is 15.8. The highest BCUT2D eigenvalue weighted by atomic mass is 19.2. The molecule has 112 valence electrons. The Labute approximate surface area is 119 Å². The molecule has 2 aromatic rings. The van der Waals surface area contributed by atoms with Crippen molar-refractivity contribution in [2.24, 2.45) is 0 Å². The summed E-state index contributed by atoms with van der Waals surface area (Å²) in [4.78, 5) is 4.33. The zero-order chi connectivity index (χ0) is 15.1. The average Bonchev–Trinajstić information content (AvgIpc) is 3.06. The molecule has 21 heavy (non-hydrogen) atoms. The molecule has 1 heterocycles. The van der Waals surface area contributed by atoms with Gasteiger partial charge in [0.2, 0.25) is 0 Å². The van der Waals surface area contributed by atoms with Crippen molar-refractivity contribution in [3.8, 4) is 11.3 Å². The van der Waals surface area contributed by atoms with Gasteiger partial charge in [0.05, 0.1) is 0 Å². The van der Waals surface area contributed by atoms with E-state index < -0.39 is 17.5 Å². The molecule has 0 radical (unpaired) electrons. The first-order chi connectivity index (χ1) is 9.99. The van der Waals surface area contributed by atoms with Crippen LogP contribution in [0, 0.1) is 17.5 Å². The van der Waals surface area contributed by atoms with E-state index in [1.807, 2.05) is 0 Å². The molecule has 0 spiro atoms. The highest BCUT2D eigenvalue weighted by Crippen LogP contribution is 2.36. The van der Waals surface area contributed by atoms with E-state index in [0.29, 0.717) is 5.82 Å². The van der Waals surface area contributed by atoms with Crippen LogP contribution in [0.4, 0.5) is 19.0 Å². The summed E-state index contributed by atoms with van der Waals surface area (Å²) in [7, 11) is 0. The van der Waals surface area contributed by atoms with Crippen LogP contribution in [0.25, 0.3) is 11.3 Å². The highest BCUT2D eigenvalue weighted by Gasteiger charge is 2.25. The van der Waals surface area contributed by atoms with Gasteiger partial charge in [0, 0.05) is 11.5 Å². The fraction of sp³-hybridized carbons (Fsp3) is 0.357. The number of nitrogen functional groups attached to an aromatic ring is 2. The van der Waals surface area contributed by atoms with Crippen molar-refractivity contribution in [3.05, 3.63) is 35.4 Å². The molecular weight excluding hydrogens is 281 g/mol. The predicted octanol–water partition coefficient (Wildman–Crippen LogP) is 2.92. The Morgan fingerprint density at radius 2 is 1.67 bits per heavy atom. The van der Waals surface area contributed by atoms with Crippen molar-refractivity contribution in [2.45, 2.75) is 31.6 Å². The van der Waals surface area contributed by atoms with Gasteiger partial charge in [-0.1, -0.05) is 12.8 Å². The van der Waals surface area contributed by atoms with Crippen LogP contribution in [0.3, 0.4) is 0 Å². The molecule has 1 aliphatic rings. The van der Waals surface area contributed by atoms with Crippen molar-refractivity contribution in [3.63, 3.8) is 0 Å². The second-order valence-corrected chi connectivity index (χ2v) is 5.31. The number of imidazole rings is 1. The SMILES string of the molecule is Nc1c(-c2cc(F)c(F)c(F)c2)nc(C2CCCC2)n1N. The third kappa shape index (κ3) is 2.22. The van der Waals surface area contributed by atoms with Crippen molar-refractivity contribution >= 4 is 5.82 Å². The monoisotopic (exact) mass is 296 g/mol. The van der Waals surface area contributed by atoms with Crippen LogP contribution in [0.2, 0.25) is 0 Å². The smallest absolute Gasteiger partial charge is 0.194 e. The lowest BCUT2D eigenvalue weighted by atomic mass is 10.1. The minimum absolute atomic E-state index is 0.0762. The molecule has 0 aliphatic heterocycles. The lowest BCUT2D eigenvalue weighted by Gasteiger charge is -2.08. The van der Waals surface area contributed by atoms with Gasteiger partial charge in [-0.05, 0) is 25.0 Å². The number of hydrogen-bond acceptors (Lipinski definition) is 3. The molecular formula is C14H15F3N4. The van der Waals surface area contributed by atoms with Gasteiger partial charge in [0.15, 0.2) is 23.3 Å². The molecule has 1 aromatic heterocycles. The second-order valence-electron chi connectivity index (χ2n) is 5.31. The molecule has 1 aromatic carbocycles. The number of nitrogens with zero attached hydrogens (tertiary/aromatic N) is 2. The van der Waals surface area contributed by atoms with Gasteiger partial charge in [-0.2, -0.15) is 0 Å². The Balaban J connectivity index is 2.09. The zero-order valence-corrected chi connectivity index (χ0v) is 11.2. The molecule has 4 N–H and O–H groups in total. The number of halogens is 3. The first-order valence-corrected chi connectivity index (χ1v) is 6.77. The van der Waals surface area contributed by atoms with Crippen LogP contribution in [-0.2, 0) is 0 Å². The molecule has 0 saturated heterocycles. The summed E-state index contributed by atoms with van der Waals surface area (Å²) in [5, 5.41) is 0. The molecule has 1 aliphatic carbocycles. The Morgan fingerprint density at radius 1 is 1.10 bits per heavy atom. The summed E-state index contributed by atoms with van der Waals surface area (Å²) in [5.41, 5.74) is 6.13. The van der Waals surface area contributed by atoms with Gasteiger partial charge in [-0.25, -0.2) is 22.8 Å². The van der Waals surface area contributed by atoms with Gasteiger partial charge in [0.1, 0.15) is 11.5 Å². The molecule has 0 amide bonds. The van der Waals surface area contributed by atoms with Gasteiger partial charge in [0.25, 0.3) is 0 Å². The Bertz CT molecular complexity index is 667. The number of anilines is 1. The van der Waals surface area contributed by atoms with Crippen molar-refractivity contribution in [1.82, 2.24) is 9.66 Å². The molecule has 0 bridgehead atoms. The summed E-state index contributed by atoms with van der Waals surface area (Å²) in [5.74, 6) is 2.73. The fourth-order valence-electron chi connectivity index (χ4n) is 2.84. The third-order valence-electron chi connectivity index (χ3n) is 3.95. The highest BCUT2D eigenvalue weighted by molar-refractivity contribution is 5.71. The first kappa shape index (κ1) is 13.8. The molecule has 7 heteroatoms. The van der Waals surface area contributed by atoms with E-state index in [1.165, 1.54) is 4.68 Å². The second kappa shape index (κ2) is 4.98. The lowest BCUT2D eigenvalue weighted by Crippen LogP contribution is -2.17. The maximum atomic E-state index is 13.3. The molecule has 1 saturated carbocycles. The average molecular weight is 296 g/mol. The van der Waals surface area contributed by atoms with Gasteiger partial charge in [-0.15, -0.1) is 0 Å². The molecule has 0 atom stereocenters. The first-order valence-electron chi connectivity index (χ1n) is 6.77. The number of benzene rings is 1. The van der Waals surface area contributed by atoms with Gasteiger partial charge in [-0.3, -0.25) is 0 Å². The molecule has 3 rings (SSSR count). The Hall–Kier alpha value is -2.18. The van der Waals surface area contributed by atoms with E-state index in [-0.39, 0.29) is 23.0 Å². The lowest BCUT2D eigenvalue weighted by molar-refractivity contribution is 0.447. The number of hydrogen-bond donors (Lipinski definition) is 2. The van der Waals surface area contributed by atoms with Crippen molar-refractivity contribution in [2.75, 3.05) is 11.6 Å². The van der Waals surface area contributed by atoms with E-state index in [4.69, 9.17) is 11.6 Å². The summed E-state index contributed by atoms with van der Waals surface area (Å²) in [6.45, 7) is 0. The minimum atomic E-state index is -1.51. The molecule has 0 unspecified atom stereocenters. The van der Waals surface area contributed by atoms with Crippen LogP contribution in [-0.4, -0.2) is 9.66 Å². The minimum Gasteiger partial charge on any atom is -0.382 e. The summed E-state index contributed by atoms with van der Waals surface area (Å²) in [6.07, 6.45) is 4.09. The number of nitrogens with two attached hydrogens (primary N) is 2. The topological polar surface area (TPSA) is 69.9 Å². The largest absolute Gasteiger partial charge is 0.382 e. The quantitative estimate of drug-likeness (QED) is 0.661. The maximum absolute atomic E-state index is 13.3. The van der Waals surface area contributed by atoms with E-state index in [1.54, 1.807) is 0 Å². The van der Waals surface area contributed by atoms with Gasteiger partial charge < -0.3 is 11.6 Å². The summed E-state index contributed by atoms with van der Waals surface area (Å²) < 4.78 is 41.0. The molecule has 1 fully saturated rings. The Kier molecular flexibility index (Phi) is 3.27. The van der Waals surface area contributed by atoms with Crippen LogP contribution >= 0.6 is 0 Å². The zero-order valence-electron chi connectivity index (χ0n) is 11.2.